The first-order chi connectivity index (χ1) is 17.5. The van der Waals surface area contributed by atoms with E-state index < -0.39 is 0 Å². The Morgan fingerprint density at radius 2 is 1.32 bits per heavy atom. The van der Waals surface area contributed by atoms with E-state index in [1.807, 2.05) is 35.3 Å². The van der Waals surface area contributed by atoms with E-state index in [4.69, 9.17) is 0 Å². The molecule has 2 aliphatic rings. The van der Waals surface area contributed by atoms with Gasteiger partial charge in [0.15, 0.2) is 0 Å². The fourth-order valence-electron chi connectivity index (χ4n) is 4.72. The van der Waals surface area contributed by atoms with Crippen LogP contribution in [-0.2, 0) is 17.6 Å². The summed E-state index contributed by atoms with van der Waals surface area (Å²) in [5, 5.41) is 11.0. The molecule has 1 aromatic heterocycles. The molecular formula is C34H47O2S2+. The molecule has 0 fully saturated rings. The number of ketones is 1. The average Bonchev–Trinajstić information content (AvgIpc) is 2.72. The van der Waals surface area contributed by atoms with Crippen molar-refractivity contribution in [2.75, 3.05) is 0 Å². The Morgan fingerprint density at radius 3 is 1.71 bits per heavy atom. The zero-order valence-corrected chi connectivity index (χ0v) is 26.8. The number of thioether (sulfide) groups is 1. The van der Waals surface area contributed by atoms with Crippen molar-refractivity contribution in [3.05, 3.63) is 78.0 Å². The summed E-state index contributed by atoms with van der Waals surface area (Å²) in [7, 11) is 0. The van der Waals surface area contributed by atoms with Crippen molar-refractivity contribution in [1.29, 1.82) is 0 Å². The summed E-state index contributed by atoms with van der Waals surface area (Å²) in [5.41, 5.74) is 3.19. The van der Waals surface area contributed by atoms with Gasteiger partial charge in [-0.15, -0.1) is 0 Å². The number of aliphatic hydroxyl groups excluding tert-OH is 1. The quantitative estimate of drug-likeness (QED) is 0.258. The summed E-state index contributed by atoms with van der Waals surface area (Å²) in [6.07, 6.45) is 12.1. The highest BCUT2D eigenvalue weighted by atomic mass is 32.2. The largest absolute Gasteiger partial charge is 0.506 e. The van der Waals surface area contributed by atoms with Crippen LogP contribution in [0.4, 0.5) is 0 Å². The van der Waals surface area contributed by atoms with Gasteiger partial charge in [-0.25, -0.2) is 0 Å². The van der Waals surface area contributed by atoms with Gasteiger partial charge in [0, 0.05) is 25.0 Å². The molecule has 206 valence electrons. The molecule has 38 heavy (non-hydrogen) atoms. The maximum atomic E-state index is 13.2. The minimum absolute atomic E-state index is 0.0758. The van der Waals surface area contributed by atoms with Crippen molar-refractivity contribution in [2.24, 2.45) is 22.7 Å². The number of aliphatic hydroxyl groups is 1. The molecule has 3 rings (SSSR count). The minimum atomic E-state index is -0.0758. The number of carbonyl (C=O) groups excluding carboxylic acids is 1. The third-order valence-electron chi connectivity index (χ3n) is 6.08. The maximum Gasteiger partial charge on any atom is 0.218 e. The van der Waals surface area contributed by atoms with E-state index in [0.717, 1.165) is 36.8 Å². The van der Waals surface area contributed by atoms with Crippen LogP contribution in [0.15, 0.2) is 62.6 Å². The number of hydrogen-bond donors (Lipinski definition) is 1. The van der Waals surface area contributed by atoms with Gasteiger partial charge in [-0.2, -0.15) is 0 Å². The van der Waals surface area contributed by atoms with Crippen LogP contribution in [0, 0.1) is 22.7 Å². The zero-order valence-electron chi connectivity index (χ0n) is 25.1. The van der Waals surface area contributed by atoms with Crippen molar-refractivity contribution in [2.45, 2.75) is 94.9 Å². The molecule has 0 aromatic carbocycles. The van der Waals surface area contributed by atoms with Crippen LogP contribution in [0.3, 0.4) is 0 Å². The third-order valence-corrected chi connectivity index (χ3v) is 8.23. The Morgan fingerprint density at radius 1 is 0.842 bits per heavy atom. The number of carbonyl (C=O) groups is 1. The highest BCUT2D eigenvalue weighted by Gasteiger charge is 2.33. The smallest absolute Gasteiger partial charge is 0.218 e. The Kier molecular flexibility index (Phi) is 9.74. The summed E-state index contributed by atoms with van der Waals surface area (Å²) in [4.78, 5) is 18.5. The molecule has 1 aromatic rings. The van der Waals surface area contributed by atoms with Crippen LogP contribution < -0.4 is 0 Å². The Hall–Kier alpha value is -1.91. The summed E-state index contributed by atoms with van der Waals surface area (Å²) < 4.78 is 0. The first-order valence-corrected chi connectivity index (χ1v) is 15.6. The van der Waals surface area contributed by atoms with Gasteiger partial charge in [-0.3, -0.25) is 4.79 Å². The van der Waals surface area contributed by atoms with Crippen molar-refractivity contribution >= 4 is 35.0 Å². The monoisotopic (exact) mass is 551 g/mol. The molecule has 2 heterocycles. The maximum absolute atomic E-state index is 13.2. The SMILES string of the molecule is CC(C)Cc1cc(C=C2C(=O)C(C=C3C=C(CC(C)(C)C)SC(CC(C)(C)C)=C3)=C2O)cc(CC(C)C)[s+]1. The van der Waals surface area contributed by atoms with Crippen molar-refractivity contribution in [1.82, 2.24) is 0 Å². The lowest BCUT2D eigenvalue weighted by atomic mass is 9.85. The second-order valence-corrected chi connectivity index (χ2v) is 16.6. The summed E-state index contributed by atoms with van der Waals surface area (Å²) in [5.74, 6) is 1.17. The zero-order chi connectivity index (χ0) is 28.4. The third kappa shape index (κ3) is 9.09. The molecule has 0 radical (unpaired) electrons. The average molecular weight is 552 g/mol. The lowest BCUT2D eigenvalue weighted by Gasteiger charge is -2.27. The minimum Gasteiger partial charge on any atom is -0.506 e. The molecule has 2 nitrogen and oxygen atoms in total. The second-order valence-electron chi connectivity index (χ2n) is 14.1. The summed E-state index contributed by atoms with van der Waals surface area (Å²) in [6.45, 7) is 22.5. The first-order valence-electron chi connectivity index (χ1n) is 14.0. The molecular weight excluding hydrogens is 505 g/mol. The van der Waals surface area contributed by atoms with Crippen molar-refractivity contribution in [3.63, 3.8) is 0 Å². The fourth-order valence-corrected chi connectivity index (χ4v) is 8.01. The molecule has 1 N–H and O–H groups in total. The van der Waals surface area contributed by atoms with Gasteiger partial charge in [-0.1, -0.05) is 81.0 Å². The Balaban J connectivity index is 1.96. The molecule has 1 aliphatic heterocycles. The predicted octanol–water partition coefficient (Wildman–Crippen LogP) is 10.5. The van der Waals surface area contributed by atoms with Crippen LogP contribution in [0.25, 0.3) is 6.08 Å². The van der Waals surface area contributed by atoms with Gasteiger partial charge in [0.25, 0.3) is 0 Å². The molecule has 0 amide bonds. The van der Waals surface area contributed by atoms with Crippen LogP contribution in [0.1, 0.15) is 97.4 Å². The van der Waals surface area contributed by atoms with E-state index in [0.29, 0.717) is 23.0 Å². The molecule has 0 bridgehead atoms. The molecule has 0 saturated heterocycles. The highest BCUT2D eigenvalue weighted by molar-refractivity contribution is 8.06. The van der Waals surface area contributed by atoms with E-state index >= 15 is 0 Å². The molecule has 0 saturated carbocycles. The van der Waals surface area contributed by atoms with Gasteiger partial charge in [0.05, 0.1) is 11.1 Å². The van der Waals surface area contributed by atoms with Gasteiger partial charge in [0.1, 0.15) is 5.76 Å². The molecule has 0 atom stereocenters. The highest BCUT2D eigenvalue weighted by Crippen LogP contribution is 2.44. The van der Waals surface area contributed by atoms with Gasteiger partial charge in [-0.05, 0) is 80.8 Å². The van der Waals surface area contributed by atoms with E-state index in [-0.39, 0.29) is 22.4 Å². The van der Waals surface area contributed by atoms with Gasteiger partial charge < -0.3 is 5.11 Å². The molecule has 1 aliphatic carbocycles. The number of rotatable bonds is 8. The van der Waals surface area contributed by atoms with Crippen LogP contribution in [0.2, 0.25) is 0 Å². The summed E-state index contributed by atoms with van der Waals surface area (Å²) >= 11 is 3.73. The lowest BCUT2D eigenvalue weighted by Crippen LogP contribution is -2.21. The van der Waals surface area contributed by atoms with E-state index in [1.165, 1.54) is 19.6 Å². The predicted molar refractivity (Wildman–Crippen MR) is 168 cm³/mol. The van der Waals surface area contributed by atoms with Crippen LogP contribution in [-0.4, -0.2) is 10.9 Å². The van der Waals surface area contributed by atoms with E-state index in [9.17, 15) is 9.90 Å². The number of allylic oxidation sites excluding steroid dienone is 8. The lowest BCUT2D eigenvalue weighted by molar-refractivity contribution is -0.113. The standard InChI is InChI=1S/C34H46O2S2/c1-21(2)11-25-13-23(14-26(37-25)12-22(3)4)17-29-31(35)30(32(29)36)18-24-15-27(19-33(5,6)7)38-28(16-24)20-34(8,9)10/h13-18,21-22H,11-12,19-20H2,1-10H3/p+1. The van der Waals surface area contributed by atoms with Crippen molar-refractivity contribution in [3.8, 4) is 0 Å². The second kappa shape index (κ2) is 12.1. The van der Waals surface area contributed by atoms with E-state index in [1.54, 1.807) is 0 Å². The first kappa shape index (κ1) is 30.6. The fraction of sp³-hybridized carbons (Fsp3) is 0.529. The molecule has 4 heteroatoms. The normalized spacial score (nSPS) is 17.8. The van der Waals surface area contributed by atoms with Gasteiger partial charge in [0.2, 0.25) is 26.9 Å². The number of Topliss-reactive ketones (excluding diaryl/α,β-unsaturated/α-hetero) is 1. The summed E-state index contributed by atoms with van der Waals surface area (Å²) in [6, 6.07) is 4.36. The Bertz CT molecular complexity index is 1160. The molecule has 0 spiro atoms. The van der Waals surface area contributed by atoms with Crippen LogP contribution in [0.5, 0.6) is 0 Å². The topological polar surface area (TPSA) is 37.3 Å². The Labute approximate surface area is 239 Å². The van der Waals surface area contributed by atoms with Crippen molar-refractivity contribution < 1.29 is 9.90 Å². The van der Waals surface area contributed by atoms with E-state index in [2.05, 4.69) is 93.5 Å². The van der Waals surface area contributed by atoms with Crippen LogP contribution >= 0.6 is 23.1 Å². The molecule has 0 unspecified atom stereocenters. The van der Waals surface area contributed by atoms with Gasteiger partial charge >= 0.3 is 0 Å². The number of hydrogen-bond acceptors (Lipinski definition) is 3.